The normalized spacial score (nSPS) is 9.07. The molecule has 0 aliphatic heterocycles. The van der Waals surface area contributed by atoms with Crippen LogP contribution >= 0.6 is 11.6 Å². The molecule has 0 saturated heterocycles. The Hall–Kier alpha value is -1.30. The number of hydrazine groups is 2. The van der Waals surface area contributed by atoms with E-state index in [9.17, 15) is 14.4 Å². The summed E-state index contributed by atoms with van der Waals surface area (Å²) in [5, 5.41) is 0.729. The topological polar surface area (TPSA) is 78.5 Å². The minimum Gasteiger partial charge on any atom is -0.274 e. The molecule has 0 fully saturated rings. The third kappa shape index (κ3) is 4.66. The van der Waals surface area contributed by atoms with Gasteiger partial charge in [-0.3, -0.25) is 14.4 Å². The summed E-state index contributed by atoms with van der Waals surface area (Å²) < 4.78 is 0. The van der Waals surface area contributed by atoms with Gasteiger partial charge in [0.15, 0.2) is 0 Å². The Morgan fingerprint density at radius 3 is 2.21 bits per heavy atom. The lowest BCUT2D eigenvalue weighted by molar-refractivity contribution is -0.149. The molecule has 0 unspecified atom stereocenters. The maximum atomic E-state index is 11.2. The summed E-state index contributed by atoms with van der Waals surface area (Å²) in [6, 6.07) is 0. The molecule has 3 amide bonds. The van der Waals surface area contributed by atoms with Crippen molar-refractivity contribution in [1.82, 2.24) is 16.0 Å². The molecule has 0 aliphatic rings. The highest BCUT2D eigenvalue weighted by molar-refractivity contribution is 6.27. The quantitative estimate of drug-likeness (QED) is 0.490. The molecular formula is C7H12ClN3O3. The molecule has 14 heavy (non-hydrogen) atoms. The smallest absolute Gasteiger partial charge is 0.260 e. The van der Waals surface area contributed by atoms with E-state index in [-0.39, 0.29) is 12.3 Å². The molecule has 0 bridgehead atoms. The number of hydrogen-bond donors (Lipinski definition) is 2. The predicted molar refractivity (Wildman–Crippen MR) is 49.8 cm³/mol. The van der Waals surface area contributed by atoms with Crippen molar-refractivity contribution in [3.8, 4) is 0 Å². The van der Waals surface area contributed by atoms with Gasteiger partial charge in [-0.15, -0.1) is 11.6 Å². The van der Waals surface area contributed by atoms with Crippen LogP contribution in [0.5, 0.6) is 0 Å². The molecule has 0 aromatic carbocycles. The Morgan fingerprint density at radius 2 is 1.86 bits per heavy atom. The van der Waals surface area contributed by atoms with Crippen molar-refractivity contribution in [3.05, 3.63) is 0 Å². The second kappa shape index (κ2) is 6.20. The van der Waals surface area contributed by atoms with Crippen molar-refractivity contribution >= 4 is 29.3 Å². The summed E-state index contributed by atoms with van der Waals surface area (Å²) in [6.07, 6.45) is 0.156. The summed E-state index contributed by atoms with van der Waals surface area (Å²) in [5.41, 5.74) is 4.28. The number of alkyl halides is 1. The molecule has 2 N–H and O–H groups in total. The van der Waals surface area contributed by atoms with E-state index >= 15 is 0 Å². The van der Waals surface area contributed by atoms with Crippen LogP contribution < -0.4 is 10.9 Å². The van der Waals surface area contributed by atoms with Gasteiger partial charge in [0.05, 0.1) is 0 Å². The number of amides is 3. The monoisotopic (exact) mass is 221 g/mol. The van der Waals surface area contributed by atoms with Gasteiger partial charge >= 0.3 is 0 Å². The van der Waals surface area contributed by atoms with Gasteiger partial charge in [-0.25, -0.2) is 10.9 Å². The van der Waals surface area contributed by atoms with Crippen LogP contribution in [-0.2, 0) is 14.4 Å². The van der Waals surface area contributed by atoms with Crippen molar-refractivity contribution in [2.24, 2.45) is 0 Å². The maximum absolute atomic E-state index is 11.2. The van der Waals surface area contributed by atoms with Gasteiger partial charge in [0.2, 0.25) is 5.91 Å². The fraction of sp³-hybridized carbons (Fsp3) is 0.571. The third-order valence-corrected chi connectivity index (χ3v) is 1.42. The number of rotatable bonds is 2. The average molecular weight is 222 g/mol. The van der Waals surface area contributed by atoms with Crippen molar-refractivity contribution in [3.63, 3.8) is 0 Å². The largest absolute Gasteiger partial charge is 0.274 e. The molecule has 0 radical (unpaired) electrons. The molecule has 0 heterocycles. The van der Waals surface area contributed by atoms with E-state index in [1.165, 1.54) is 6.92 Å². The number of hydrogen-bond acceptors (Lipinski definition) is 3. The molecule has 0 aliphatic carbocycles. The van der Waals surface area contributed by atoms with Crippen LogP contribution in [0.3, 0.4) is 0 Å². The number of halogens is 1. The second-order valence-electron chi connectivity index (χ2n) is 2.42. The van der Waals surface area contributed by atoms with Crippen LogP contribution in [0.2, 0.25) is 0 Å². The van der Waals surface area contributed by atoms with E-state index in [0.717, 1.165) is 5.12 Å². The first-order chi connectivity index (χ1) is 6.51. The average Bonchev–Trinajstić information content (AvgIpc) is 2.14. The lowest BCUT2D eigenvalue weighted by Gasteiger charge is -2.21. The molecule has 0 aromatic rings. The molecule has 7 heteroatoms. The van der Waals surface area contributed by atoms with E-state index in [1.54, 1.807) is 6.92 Å². The van der Waals surface area contributed by atoms with Gasteiger partial charge in [-0.05, 0) is 0 Å². The SMILES string of the molecule is CCC(=O)N(NC(C)=O)NC(=O)CCl. The number of nitrogens with zero attached hydrogens (tertiary/aromatic N) is 1. The van der Waals surface area contributed by atoms with Gasteiger partial charge in [-0.2, -0.15) is 5.12 Å². The maximum Gasteiger partial charge on any atom is 0.260 e. The van der Waals surface area contributed by atoms with Gasteiger partial charge in [0.25, 0.3) is 11.8 Å². The standard InChI is InChI=1S/C7H12ClN3O3/c1-3-7(14)11(9-5(2)12)10-6(13)4-8/h3-4H2,1-2H3,(H,9,12)(H,10,13). The Kier molecular flexibility index (Phi) is 5.62. The zero-order chi connectivity index (χ0) is 11.1. The molecular weight excluding hydrogens is 210 g/mol. The molecule has 0 atom stereocenters. The van der Waals surface area contributed by atoms with Crippen LogP contribution in [-0.4, -0.2) is 28.7 Å². The first-order valence-corrected chi connectivity index (χ1v) is 4.50. The highest BCUT2D eigenvalue weighted by Gasteiger charge is 2.14. The Morgan fingerprint density at radius 1 is 1.29 bits per heavy atom. The highest BCUT2D eigenvalue weighted by Crippen LogP contribution is 1.86. The molecule has 80 valence electrons. The van der Waals surface area contributed by atoms with E-state index in [2.05, 4.69) is 10.9 Å². The van der Waals surface area contributed by atoms with E-state index in [1.807, 2.05) is 0 Å². The molecule has 0 spiro atoms. The minimum atomic E-state index is -0.567. The first-order valence-electron chi connectivity index (χ1n) is 3.96. The van der Waals surface area contributed by atoms with Crippen molar-refractivity contribution in [2.45, 2.75) is 20.3 Å². The van der Waals surface area contributed by atoms with Gasteiger partial charge in [0, 0.05) is 13.3 Å². The fourth-order valence-corrected chi connectivity index (χ4v) is 0.683. The van der Waals surface area contributed by atoms with Crippen LogP contribution in [0.1, 0.15) is 20.3 Å². The number of carbonyl (C=O) groups is 3. The minimum absolute atomic E-state index is 0.156. The summed E-state index contributed by atoms with van der Waals surface area (Å²) in [7, 11) is 0. The summed E-state index contributed by atoms with van der Waals surface area (Å²) in [6.45, 7) is 2.83. The summed E-state index contributed by atoms with van der Waals surface area (Å²) in [4.78, 5) is 32.6. The number of carbonyl (C=O) groups excluding carboxylic acids is 3. The van der Waals surface area contributed by atoms with E-state index in [0.29, 0.717) is 0 Å². The van der Waals surface area contributed by atoms with Crippen LogP contribution in [0.25, 0.3) is 0 Å². The number of nitrogens with one attached hydrogen (secondary N) is 2. The van der Waals surface area contributed by atoms with Gasteiger partial charge < -0.3 is 0 Å². The third-order valence-electron chi connectivity index (χ3n) is 1.18. The zero-order valence-corrected chi connectivity index (χ0v) is 8.72. The van der Waals surface area contributed by atoms with Gasteiger partial charge in [0.1, 0.15) is 5.88 Å². The molecule has 0 aromatic heterocycles. The van der Waals surface area contributed by atoms with Crippen LogP contribution in [0.15, 0.2) is 0 Å². The fourth-order valence-electron chi connectivity index (χ4n) is 0.623. The lowest BCUT2D eigenvalue weighted by Crippen LogP contribution is -2.55. The highest BCUT2D eigenvalue weighted by atomic mass is 35.5. The van der Waals surface area contributed by atoms with E-state index in [4.69, 9.17) is 11.6 Å². The predicted octanol–water partition coefficient (Wildman–Crippen LogP) is -0.454. The summed E-state index contributed by atoms with van der Waals surface area (Å²) >= 11 is 5.22. The van der Waals surface area contributed by atoms with Crippen LogP contribution in [0, 0.1) is 0 Å². The lowest BCUT2D eigenvalue weighted by atomic mass is 10.5. The summed E-state index contributed by atoms with van der Waals surface area (Å²) in [5.74, 6) is -1.74. The van der Waals surface area contributed by atoms with Gasteiger partial charge in [-0.1, -0.05) is 6.92 Å². The zero-order valence-electron chi connectivity index (χ0n) is 7.96. The molecule has 0 rings (SSSR count). The Balaban J connectivity index is 4.31. The second-order valence-corrected chi connectivity index (χ2v) is 2.69. The van der Waals surface area contributed by atoms with Crippen molar-refractivity contribution in [2.75, 3.05) is 5.88 Å². The Labute approximate surface area is 86.5 Å². The molecule has 0 saturated carbocycles. The molecule has 6 nitrogen and oxygen atoms in total. The first kappa shape index (κ1) is 12.7. The van der Waals surface area contributed by atoms with Crippen molar-refractivity contribution in [1.29, 1.82) is 0 Å². The van der Waals surface area contributed by atoms with Crippen molar-refractivity contribution < 1.29 is 14.4 Å². The van der Waals surface area contributed by atoms with E-state index < -0.39 is 17.7 Å². The Bertz CT molecular complexity index is 244. The van der Waals surface area contributed by atoms with Crippen LogP contribution in [0.4, 0.5) is 0 Å².